The van der Waals surface area contributed by atoms with Crippen molar-refractivity contribution in [2.24, 2.45) is 4.99 Å². The number of H-pyrrole nitrogens is 1. The van der Waals surface area contributed by atoms with Crippen LogP contribution >= 0.6 is 0 Å². The third-order valence-electron chi connectivity index (χ3n) is 5.46. The zero-order chi connectivity index (χ0) is 23.2. The molecule has 2 N–H and O–H groups in total. The van der Waals surface area contributed by atoms with Gasteiger partial charge in [0.2, 0.25) is 0 Å². The van der Waals surface area contributed by atoms with Crippen LogP contribution in [-0.2, 0) is 11.3 Å². The molecule has 1 saturated heterocycles. The Morgan fingerprint density at radius 1 is 1.30 bits per heavy atom. The molecule has 0 bridgehead atoms. The van der Waals surface area contributed by atoms with Crippen LogP contribution in [0.1, 0.15) is 28.8 Å². The number of hydrogen-bond donors (Lipinski definition) is 2. The largest absolute Gasteiger partial charge is 0.445 e. The van der Waals surface area contributed by atoms with Gasteiger partial charge in [-0.1, -0.05) is 30.3 Å². The molecular formula is C24H28N6O3. The molecule has 2 aromatic heterocycles. The summed E-state index contributed by atoms with van der Waals surface area (Å²) in [4.78, 5) is 40.3. The summed E-state index contributed by atoms with van der Waals surface area (Å²) in [7, 11) is 3.61. The first-order chi connectivity index (χ1) is 16.0. The highest BCUT2D eigenvalue weighted by Gasteiger charge is 2.26. The number of nitrogens with zero attached hydrogens (tertiary/aromatic N) is 4. The highest BCUT2D eigenvalue weighted by atomic mass is 16.6. The van der Waals surface area contributed by atoms with Crippen LogP contribution in [0.4, 0.5) is 10.5 Å². The number of carbonyl (C=O) groups is 2. The Balaban J connectivity index is 1.48. The molecule has 172 valence electrons. The average molecular weight is 449 g/mol. The molecule has 0 unspecified atom stereocenters. The van der Waals surface area contributed by atoms with Gasteiger partial charge in [-0.2, -0.15) is 4.99 Å². The van der Waals surface area contributed by atoms with Crippen molar-refractivity contribution in [2.75, 3.05) is 32.5 Å². The van der Waals surface area contributed by atoms with Gasteiger partial charge in [-0.3, -0.25) is 4.79 Å². The minimum Gasteiger partial charge on any atom is -0.445 e. The number of aliphatic imine (C=N–C) groups is 1. The Bertz CT molecular complexity index is 1140. The molecule has 0 aliphatic carbocycles. The molecule has 1 atom stereocenters. The first-order valence-electron chi connectivity index (χ1n) is 10.9. The fourth-order valence-corrected chi connectivity index (χ4v) is 3.84. The van der Waals surface area contributed by atoms with E-state index in [9.17, 15) is 9.59 Å². The molecule has 1 fully saturated rings. The van der Waals surface area contributed by atoms with E-state index in [0.717, 1.165) is 23.8 Å². The number of carbonyl (C=O) groups excluding carboxylic acids is 2. The zero-order valence-electron chi connectivity index (χ0n) is 18.8. The number of rotatable bonds is 6. The summed E-state index contributed by atoms with van der Waals surface area (Å²) in [6, 6.07) is 11.5. The second kappa shape index (κ2) is 10.2. The number of hydrogen-bond acceptors (Lipinski definition) is 5. The number of aromatic nitrogens is 2. The van der Waals surface area contributed by atoms with Crippen molar-refractivity contribution >= 4 is 35.1 Å². The van der Waals surface area contributed by atoms with Gasteiger partial charge < -0.3 is 24.8 Å². The number of aromatic amines is 1. The molecule has 1 aliphatic heterocycles. The van der Waals surface area contributed by atoms with Gasteiger partial charge in [0, 0.05) is 51.0 Å². The Hall–Kier alpha value is -3.88. The van der Waals surface area contributed by atoms with E-state index in [2.05, 4.69) is 20.3 Å². The maximum atomic E-state index is 12.8. The van der Waals surface area contributed by atoms with Gasteiger partial charge in [0.05, 0.1) is 17.6 Å². The minimum atomic E-state index is -0.378. The molecule has 2 amide bonds. The molecule has 9 nitrogen and oxygen atoms in total. The molecule has 3 aromatic rings. The van der Waals surface area contributed by atoms with Crippen molar-refractivity contribution in [3.63, 3.8) is 0 Å². The molecule has 0 saturated carbocycles. The lowest BCUT2D eigenvalue weighted by Crippen LogP contribution is -2.45. The van der Waals surface area contributed by atoms with Crippen molar-refractivity contribution < 1.29 is 14.3 Å². The smallest absolute Gasteiger partial charge is 0.410 e. The van der Waals surface area contributed by atoms with Gasteiger partial charge in [0.25, 0.3) is 5.91 Å². The Labute approximate surface area is 192 Å². The van der Waals surface area contributed by atoms with Crippen LogP contribution in [0.15, 0.2) is 53.8 Å². The van der Waals surface area contributed by atoms with Crippen LogP contribution in [0.25, 0.3) is 11.0 Å². The van der Waals surface area contributed by atoms with Crippen LogP contribution in [0.3, 0.4) is 0 Å². The van der Waals surface area contributed by atoms with E-state index in [-0.39, 0.29) is 24.6 Å². The third-order valence-corrected chi connectivity index (χ3v) is 5.46. The SMILES string of the molecule is CN(C)C=NC(=O)c1cnc2[nH]ccc2c1N[C@@H]1CCCN(C(=O)OCc2ccccc2)C1. The van der Waals surface area contributed by atoms with E-state index in [1.165, 1.54) is 12.5 Å². The number of ether oxygens (including phenoxy) is 1. The monoisotopic (exact) mass is 448 g/mol. The van der Waals surface area contributed by atoms with Crippen LogP contribution in [0, 0.1) is 0 Å². The predicted molar refractivity (Wildman–Crippen MR) is 127 cm³/mol. The van der Waals surface area contributed by atoms with Crippen molar-refractivity contribution in [3.05, 3.63) is 59.9 Å². The number of nitrogens with one attached hydrogen (secondary N) is 2. The van der Waals surface area contributed by atoms with E-state index >= 15 is 0 Å². The van der Waals surface area contributed by atoms with E-state index in [1.54, 1.807) is 30.1 Å². The molecule has 0 spiro atoms. The number of anilines is 1. The molecule has 9 heteroatoms. The van der Waals surface area contributed by atoms with Gasteiger partial charge in [-0.05, 0) is 24.5 Å². The van der Waals surface area contributed by atoms with Gasteiger partial charge in [-0.15, -0.1) is 0 Å². The number of pyridine rings is 1. The molecule has 3 heterocycles. The highest BCUT2D eigenvalue weighted by molar-refractivity contribution is 6.08. The molecule has 4 rings (SSSR count). The molecular weight excluding hydrogens is 420 g/mol. The van der Waals surface area contributed by atoms with Crippen molar-refractivity contribution in [2.45, 2.75) is 25.5 Å². The summed E-state index contributed by atoms with van der Waals surface area (Å²) in [5, 5.41) is 4.30. The van der Waals surface area contributed by atoms with Crippen LogP contribution < -0.4 is 5.32 Å². The highest BCUT2D eigenvalue weighted by Crippen LogP contribution is 2.28. The Morgan fingerprint density at radius 3 is 2.91 bits per heavy atom. The average Bonchev–Trinajstić information content (AvgIpc) is 3.31. The minimum absolute atomic E-state index is 0.0343. The number of fused-ring (bicyclic) bond motifs is 1. The predicted octanol–water partition coefficient (Wildman–Crippen LogP) is 3.51. The number of likely N-dealkylation sites (tertiary alicyclic amines) is 1. The zero-order valence-corrected chi connectivity index (χ0v) is 18.8. The van der Waals surface area contributed by atoms with Gasteiger partial charge in [-0.25, -0.2) is 9.78 Å². The lowest BCUT2D eigenvalue weighted by Gasteiger charge is -2.33. The fraction of sp³-hybridized carbons (Fsp3) is 0.333. The number of amides is 2. The van der Waals surface area contributed by atoms with Gasteiger partial charge in [0.1, 0.15) is 12.3 Å². The summed E-state index contributed by atoms with van der Waals surface area (Å²) in [6.45, 7) is 1.36. The molecule has 0 radical (unpaired) electrons. The molecule has 1 aromatic carbocycles. The summed E-state index contributed by atoms with van der Waals surface area (Å²) in [5.41, 5.74) is 2.70. The summed E-state index contributed by atoms with van der Waals surface area (Å²) in [6.07, 6.45) is 6.16. The Kier molecular flexibility index (Phi) is 6.87. The summed E-state index contributed by atoms with van der Waals surface area (Å²) in [5.74, 6) is -0.378. The molecule has 1 aliphatic rings. The fourth-order valence-electron chi connectivity index (χ4n) is 3.84. The number of benzene rings is 1. The number of piperidine rings is 1. The molecule has 33 heavy (non-hydrogen) atoms. The van der Waals surface area contributed by atoms with E-state index in [0.29, 0.717) is 30.0 Å². The van der Waals surface area contributed by atoms with Gasteiger partial charge in [0.15, 0.2) is 0 Å². The van der Waals surface area contributed by atoms with Crippen molar-refractivity contribution in [1.29, 1.82) is 0 Å². The quantitative estimate of drug-likeness (QED) is 0.442. The summed E-state index contributed by atoms with van der Waals surface area (Å²) < 4.78 is 5.51. The summed E-state index contributed by atoms with van der Waals surface area (Å²) >= 11 is 0. The van der Waals surface area contributed by atoms with E-state index < -0.39 is 0 Å². The lowest BCUT2D eigenvalue weighted by atomic mass is 10.0. The maximum absolute atomic E-state index is 12.8. The Morgan fingerprint density at radius 2 is 2.12 bits per heavy atom. The normalized spacial score (nSPS) is 16.2. The van der Waals surface area contributed by atoms with E-state index in [1.807, 2.05) is 36.4 Å². The first kappa shape index (κ1) is 22.3. The van der Waals surface area contributed by atoms with Crippen molar-refractivity contribution in [3.8, 4) is 0 Å². The maximum Gasteiger partial charge on any atom is 0.410 e. The second-order valence-corrected chi connectivity index (χ2v) is 8.27. The van der Waals surface area contributed by atoms with Crippen LogP contribution in [0.5, 0.6) is 0 Å². The van der Waals surface area contributed by atoms with Crippen LogP contribution in [-0.4, -0.2) is 71.3 Å². The standard InChI is InChI=1S/C24H28N6O3/c1-29(2)16-27-23(31)20-13-26-22-19(10-11-25-22)21(20)28-18-9-6-12-30(14-18)24(32)33-15-17-7-4-3-5-8-17/h3-5,7-8,10-11,13,16,18H,6,9,12,14-15H2,1-2H3,(H2,25,26,28)/t18-/m1/s1. The van der Waals surface area contributed by atoms with Crippen molar-refractivity contribution in [1.82, 2.24) is 19.8 Å². The van der Waals surface area contributed by atoms with Gasteiger partial charge >= 0.3 is 6.09 Å². The second-order valence-electron chi connectivity index (χ2n) is 8.27. The van der Waals surface area contributed by atoms with Crippen LogP contribution in [0.2, 0.25) is 0 Å². The topological polar surface area (TPSA) is 103 Å². The first-order valence-corrected chi connectivity index (χ1v) is 10.9. The van der Waals surface area contributed by atoms with E-state index in [4.69, 9.17) is 4.74 Å². The lowest BCUT2D eigenvalue weighted by molar-refractivity contribution is 0.0873. The third kappa shape index (κ3) is 5.49.